The quantitative estimate of drug-likeness (QED) is 0.381. The summed E-state index contributed by atoms with van der Waals surface area (Å²) in [7, 11) is 0. The van der Waals surface area contributed by atoms with Gasteiger partial charge in [-0.05, 0) is 23.8 Å². The summed E-state index contributed by atoms with van der Waals surface area (Å²) in [5.41, 5.74) is 0.566. The van der Waals surface area contributed by atoms with E-state index in [9.17, 15) is 19.2 Å². The summed E-state index contributed by atoms with van der Waals surface area (Å²) in [6.07, 6.45) is 1.74. The van der Waals surface area contributed by atoms with Crippen molar-refractivity contribution in [2.24, 2.45) is 0 Å². The van der Waals surface area contributed by atoms with Crippen LogP contribution >= 0.6 is 0 Å². The summed E-state index contributed by atoms with van der Waals surface area (Å²) in [6.45, 7) is -0.622. The lowest BCUT2D eigenvalue weighted by molar-refractivity contribution is -0.138. The number of aliphatic carboxylic acids is 1. The molecule has 0 spiro atoms. The first-order chi connectivity index (χ1) is 14.5. The minimum atomic E-state index is -1.23. The number of fused-ring (bicyclic) bond motifs is 2. The molecule has 1 atom stereocenters. The summed E-state index contributed by atoms with van der Waals surface area (Å²) >= 11 is 0. The van der Waals surface area contributed by atoms with Crippen LogP contribution < -0.4 is 16.6 Å². The Labute approximate surface area is 169 Å². The van der Waals surface area contributed by atoms with Crippen LogP contribution in [0.15, 0.2) is 64.3 Å². The number of hydrogen-bond donors (Lipinski definition) is 4. The van der Waals surface area contributed by atoms with Crippen molar-refractivity contribution in [1.29, 1.82) is 0 Å². The zero-order valence-electron chi connectivity index (χ0n) is 15.7. The number of nitrogens with zero attached hydrogens (tertiary/aromatic N) is 1. The number of rotatable bonds is 6. The van der Waals surface area contributed by atoms with E-state index in [2.05, 4.69) is 15.3 Å². The second kappa shape index (κ2) is 7.70. The number of carbonyl (C=O) groups excluding carboxylic acids is 1. The minimum absolute atomic E-state index is 0.0246. The maximum Gasteiger partial charge on any atom is 0.329 e. The van der Waals surface area contributed by atoms with Gasteiger partial charge in [0.1, 0.15) is 12.6 Å². The lowest BCUT2D eigenvalue weighted by Gasteiger charge is -2.18. The van der Waals surface area contributed by atoms with Crippen LogP contribution in [-0.2, 0) is 16.0 Å². The highest BCUT2D eigenvalue weighted by atomic mass is 16.4. The summed E-state index contributed by atoms with van der Waals surface area (Å²) in [6, 6.07) is 12.7. The number of carboxylic acid groups (broad SMARTS) is 1. The summed E-state index contributed by atoms with van der Waals surface area (Å²) in [4.78, 5) is 55.3. The molecule has 9 heteroatoms. The van der Waals surface area contributed by atoms with Crippen molar-refractivity contribution in [3.8, 4) is 0 Å². The number of benzene rings is 2. The molecule has 0 bridgehead atoms. The van der Waals surface area contributed by atoms with Gasteiger partial charge in [0.25, 0.3) is 5.56 Å². The standard InChI is InChI=1S/C21H18N4O5/c26-18(27)11-23-19(28)17(9-12-10-22-15-7-3-1-5-13(12)15)25-20(29)14-6-2-4-8-16(14)24-21(25)30/h1-8,10,17,22H,9,11H2,(H,23,28)(H,24,30)(H,26,27). The maximum atomic E-state index is 13.1. The third kappa shape index (κ3) is 3.48. The van der Waals surface area contributed by atoms with Gasteiger partial charge in [0.2, 0.25) is 5.91 Å². The number of nitrogens with one attached hydrogen (secondary N) is 3. The molecule has 4 N–H and O–H groups in total. The van der Waals surface area contributed by atoms with Crippen LogP contribution in [0.1, 0.15) is 11.6 Å². The van der Waals surface area contributed by atoms with Crippen LogP contribution in [0.2, 0.25) is 0 Å². The average Bonchev–Trinajstić information content (AvgIpc) is 3.14. The summed E-state index contributed by atoms with van der Waals surface area (Å²) in [5.74, 6) is -1.96. The molecule has 0 aliphatic heterocycles. The number of hydrogen-bond acceptors (Lipinski definition) is 4. The Morgan fingerprint density at radius 2 is 1.67 bits per heavy atom. The highest BCUT2D eigenvalue weighted by molar-refractivity contribution is 5.87. The zero-order valence-corrected chi connectivity index (χ0v) is 15.7. The Balaban J connectivity index is 1.84. The van der Waals surface area contributed by atoms with Gasteiger partial charge in [-0.2, -0.15) is 0 Å². The van der Waals surface area contributed by atoms with Gasteiger partial charge in [-0.3, -0.25) is 14.4 Å². The minimum Gasteiger partial charge on any atom is -0.480 e. The number of carbonyl (C=O) groups is 2. The van der Waals surface area contributed by atoms with Gasteiger partial charge in [0, 0.05) is 23.5 Å². The molecular weight excluding hydrogens is 388 g/mol. The molecule has 1 amide bonds. The number of amides is 1. The molecule has 4 aromatic rings. The Morgan fingerprint density at radius 1 is 1.00 bits per heavy atom. The first-order valence-corrected chi connectivity index (χ1v) is 9.24. The number of carboxylic acids is 1. The largest absolute Gasteiger partial charge is 0.480 e. The van der Waals surface area contributed by atoms with E-state index >= 15 is 0 Å². The monoisotopic (exact) mass is 406 g/mol. The van der Waals surface area contributed by atoms with Crippen molar-refractivity contribution >= 4 is 33.7 Å². The predicted octanol–water partition coefficient (Wildman–Crippen LogP) is 1.16. The average molecular weight is 406 g/mol. The highest BCUT2D eigenvalue weighted by Crippen LogP contribution is 2.22. The fourth-order valence-electron chi connectivity index (χ4n) is 3.55. The second-order valence-electron chi connectivity index (χ2n) is 6.84. The van der Waals surface area contributed by atoms with E-state index < -0.39 is 35.7 Å². The first kappa shape index (κ1) is 19.2. The Morgan fingerprint density at radius 3 is 2.40 bits per heavy atom. The molecule has 2 heterocycles. The van der Waals surface area contributed by atoms with E-state index in [-0.39, 0.29) is 11.8 Å². The van der Waals surface area contributed by atoms with E-state index in [0.717, 1.165) is 21.0 Å². The number of aromatic nitrogens is 3. The fourth-order valence-corrected chi connectivity index (χ4v) is 3.55. The Bertz CT molecular complexity index is 1380. The Hall–Kier alpha value is -4.14. The molecule has 0 saturated heterocycles. The van der Waals surface area contributed by atoms with E-state index in [1.165, 1.54) is 0 Å². The van der Waals surface area contributed by atoms with Gasteiger partial charge < -0.3 is 20.4 Å². The van der Waals surface area contributed by atoms with Gasteiger partial charge in [0.05, 0.1) is 10.9 Å². The van der Waals surface area contributed by atoms with Gasteiger partial charge >= 0.3 is 11.7 Å². The van der Waals surface area contributed by atoms with Crippen molar-refractivity contribution in [3.63, 3.8) is 0 Å². The van der Waals surface area contributed by atoms with E-state index in [1.807, 2.05) is 24.3 Å². The van der Waals surface area contributed by atoms with Gasteiger partial charge in [-0.15, -0.1) is 0 Å². The molecule has 0 radical (unpaired) electrons. The van der Waals surface area contributed by atoms with Crippen molar-refractivity contribution in [3.05, 3.63) is 81.1 Å². The van der Waals surface area contributed by atoms with Crippen molar-refractivity contribution in [2.75, 3.05) is 6.54 Å². The topological polar surface area (TPSA) is 137 Å². The maximum absolute atomic E-state index is 13.1. The molecule has 9 nitrogen and oxygen atoms in total. The number of H-pyrrole nitrogens is 2. The van der Waals surface area contributed by atoms with Crippen LogP contribution in [0.4, 0.5) is 0 Å². The Kier molecular flexibility index (Phi) is 4.93. The normalized spacial score (nSPS) is 12.1. The van der Waals surface area contributed by atoms with Crippen LogP contribution in [-0.4, -0.2) is 38.1 Å². The summed E-state index contributed by atoms with van der Waals surface area (Å²) < 4.78 is 0.849. The molecule has 4 rings (SSSR count). The lowest BCUT2D eigenvalue weighted by Crippen LogP contribution is -2.46. The number of para-hydroxylation sites is 2. The van der Waals surface area contributed by atoms with Crippen LogP contribution in [0.3, 0.4) is 0 Å². The second-order valence-corrected chi connectivity index (χ2v) is 6.84. The van der Waals surface area contributed by atoms with Crippen molar-refractivity contribution < 1.29 is 14.7 Å². The molecule has 0 saturated carbocycles. The van der Waals surface area contributed by atoms with Crippen LogP contribution in [0.25, 0.3) is 21.8 Å². The predicted molar refractivity (Wildman–Crippen MR) is 111 cm³/mol. The van der Waals surface area contributed by atoms with Crippen molar-refractivity contribution in [1.82, 2.24) is 19.9 Å². The molecule has 0 fully saturated rings. The van der Waals surface area contributed by atoms with Gasteiger partial charge in [0.15, 0.2) is 0 Å². The molecule has 0 aliphatic rings. The van der Waals surface area contributed by atoms with E-state index in [0.29, 0.717) is 5.52 Å². The lowest BCUT2D eigenvalue weighted by atomic mass is 10.0. The van der Waals surface area contributed by atoms with E-state index in [1.54, 1.807) is 30.5 Å². The van der Waals surface area contributed by atoms with Crippen molar-refractivity contribution in [2.45, 2.75) is 12.5 Å². The SMILES string of the molecule is O=C(O)CNC(=O)C(Cc1c[nH]c2ccccc12)n1c(=O)[nH]c2ccccc2c1=O. The number of aromatic amines is 2. The molecule has 152 valence electrons. The molecule has 1 unspecified atom stereocenters. The van der Waals surface area contributed by atoms with Gasteiger partial charge in [-0.25, -0.2) is 9.36 Å². The zero-order chi connectivity index (χ0) is 21.3. The highest BCUT2D eigenvalue weighted by Gasteiger charge is 2.26. The smallest absolute Gasteiger partial charge is 0.329 e. The third-order valence-corrected chi connectivity index (χ3v) is 4.95. The van der Waals surface area contributed by atoms with Crippen LogP contribution in [0.5, 0.6) is 0 Å². The molecular formula is C21H18N4O5. The summed E-state index contributed by atoms with van der Waals surface area (Å²) in [5, 5.41) is 12.3. The third-order valence-electron chi connectivity index (χ3n) is 4.95. The molecule has 0 aliphatic carbocycles. The van der Waals surface area contributed by atoms with Crippen LogP contribution in [0, 0.1) is 0 Å². The molecule has 2 aromatic heterocycles. The van der Waals surface area contributed by atoms with Gasteiger partial charge in [-0.1, -0.05) is 30.3 Å². The first-order valence-electron chi connectivity index (χ1n) is 9.24. The molecule has 2 aromatic carbocycles. The van der Waals surface area contributed by atoms with E-state index in [4.69, 9.17) is 5.11 Å². The molecule has 30 heavy (non-hydrogen) atoms. The fraction of sp³-hybridized carbons (Fsp3) is 0.143.